The minimum absolute atomic E-state index is 0.0640. The number of hydrogen-bond acceptors (Lipinski definition) is 2. The lowest BCUT2D eigenvalue weighted by Crippen LogP contribution is -2.29. The van der Waals surface area contributed by atoms with E-state index in [1.165, 1.54) is 5.56 Å². The summed E-state index contributed by atoms with van der Waals surface area (Å²) < 4.78 is 41.6. The minimum atomic E-state index is -4.10. The molecule has 0 aliphatic carbocycles. The van der Waals surface area contributed by atoms with Crippen molar-refractivity contribution in [3.05, 3.63) is 35.4 Å². The van der Waals surface area contributed by atoms with Crippen molar-refractivity contribution in [2.75, 3.05) is 19.7 Å². The van der Waals surface area contributed by atoms with Crippen LogP contribution in [0.1, 0.15) is 23.7 Å². The van der Waals surface area contributed by atoms with Crippen molar-refractivity contribution < 1.29 is 17.9 Å². The van der Waals surface area contributed by atoms with E-state index in [-0.39, 0.29) is 12.6 Å². The summed E-state index contributed by atoms with van der Waals surface area (Å²) >= 11 is 0. The van der Waals surface area contributed by atoms with E-state index in [2.05, 4.69) is 5.32 Å². The first-order chi connectivity index (χ1) is 8.56. The van der Waals surface area contributed by atoms with Gasteiger partial charge in [0, 0.05) is 13.1 Å². The number of rotatable bonds is 4. The molecule has 0 aromatic heterocycles. The zero-order chi connectivity index (χ0) is 13.0. The van der Waals surface area contributed by atoms with Crippen LogP contribution in [-0.2, 0) is 11.2 Å². The van der Waals surface area contributed by atoms with Gasteiger partial charge in [-0.1, -0.05) is 24.3 Å². The van der Waals surface area contributed by atoms with Gasteiger partial charge < -0.3 is 10.1 Å². The normalized spacial score (nSPS) is 19.6. The molecule has 0 fully saturated rings. The van der Waals surface area contributed by atoms with Gasteiger partial charge in [-0.05, 0) is 17.5 Å². The van der Waals surface area contributed by atoms with Crippen LogP contribution < -0.4 is 5.32 Å². The van der Waals surface area contributed by atoms with Gasteiger partial charge in [-0.15, -0.1) is 0 Å². The fourth-order valence-electron chi connectivity index (χ4n) is 2.11. The Morgan fingerprint density at radius 3 is 2.83 bits per heavy atom. The van der Waals surface area contributed by atoms with Crippen LogP contribution in [0.2, 0.25) is 0 Å². The van der Waals surface area contributed by atoms with E-state index in [4.69, 9.17) is 4.74 Å². The van der Waals surface area contributed by atoms with E-state index in [1.54, 1.807) is 0 Å². The van der Waals surface area contributed by atoms with Crippen molar-refractivity contribution in [2.45, 2.75) is 25.1 Å². The molecule has 0 saturated heterocycles. The molecule has 18 heavy (non-hydrogen) atoms. The minimum Gasteiger partial charge on any atom is -0.372 e. The third kappa shape index (κ3) is 3.71. The van der Waals surface area contributed by atoms with Gasteiger partial charge >= 0.3 is 6.18 Å². The molecule has 5 heteroatoms. The van der Waals surface area contributed by atoms with E-state index in [0.29, 0.717) is 13.2 Å². The molecule has 0 radical (unpaired) electrons. The third-order valence-electron chi connectivity index (χ3n) is 3.01. The predicted molar refractivity (Wildman–Crippen MR) is 62.4 cm³/mol. The first kappa shape index (κ1) is 13.4. The monoisotopic (exact) mass is 259 g/mol. The Labute approximate surface area is 104 Å². The maximum Gasteiger partial charge on any atom is 0.390 e. The van der Waals surface area contributed by atoms with E-state index >= 15 is 0 Å². The summed E-state index contributed by atoms with van der Waals surface area (Å²) in [5, 5.41) is 2.81. The molecule has 1 aliphatic heterocycles. The molecule has 1 N–H and O–H groups in total. The number of benzene rings is 1. The fourth-order valence-corrected chi connectivity index (χ4v) is 2.11. The second kappa shape index (κ2) is 5.71. The first-order valence-corrected chi connectivity index (χ1v) is 6.03. The Morgan fingerprint density at radius 1 is 1.28 bits per heavy atom. The maximum absolute atomic E-state index is 12.0. The van der Waals surface area contributed by atoms with Crippen LogP contribution in [0.25, 0.3) is 0 Å². The molecule has 1 atom stereocenters. The molecule has 2 nitrogen and oxygen atoms in total. The van der Waals surface area contributed by atoms with Crippen molar-refractivity contribution >= 4 is 0 Å². The first-order valence-electron chi connectivity index (χ1n) is 6.03. The number of ether oxygens (including phenoxy) is 1. The Morgan fingerprint density at radius 2 is 2.06 bits per heavy atom. The lowest BCUT2D eigenvalue weighted by Gasteiger charge is -2.26. The molecule has 0 saturated carbocycles. The summed E-state index contributed by atoms with van der Waals surface area (Å²) in [6, 6.07) is 7.92. The molecule has 1 unspecified atom stereocenters. The quantitative estimate of drug-likeness (QED) is 0.839. The van der Waals surface area contributed by atoms with Crippen LogP contribution in [0, 0.1) is 0 Å². The van der Waals surface area contributed by atoms with Gasteiger partial charge in [0.05, 0.1) is 19.1 Å². The van der Waals surface area contributed by atoms with Gasteiger partial charge in [0.1, 0.15) is 0 Å². The van der Waals surface area contributed by atoms with Crippen LogP contribution in [0.4, 0.5) is 13.2 Å². The zero-order valence-electron chi connectivity index (χ0n) is 9.96. The van der Waals surface area contributed by atoms with Gasteiger partial charge in [-0.3, -0.25) is 0 Å². The maximum atomic E-state index is 12.0. The SMILES string of the molecule is FC(F)(F)CCNCC1OCCc2ccccc21. The fraction of sp³-hybridized carbons (Fsp3) is 0.538. The summed E-state index contributed by atoms with van der Waals surface area (Å²) in [5.41, 5.74) is 2.31. The molecule has 1 heterocycles. The number of alkyl halides is 3. The Hall–Kier alpha value is -1.07. The Balaban J connectivity index is 1.84. The highest BCUT2D eigenvalue weighted by atomic mass is 19.4. The molecule has 1 aromatic carbocycles. The summed E-state index contributed by atoms with van der Waals surface area (Å²) in [6.45, 7) is 0.987. The predicted octanol–water partition coefficient (Wildman–Crippen LogP) is 2.84. The van der Waals surface area contributed by atoms with Crippen molar-refractivity contribution in [1.29, 1.82) is 0 Å². The number of hydrogen-bond donors (Lipinski definition) is 1. The zero-order valence-corrected chi connectivity index (χ0v) is 9.96. The van der Waals surface area contributed by atoms with E-state index in [0.717, 1.165) is 12.0 Å². The third-order valence-corrected chi connectivity index (χ3v) is 3.01. The highest BCUT2D eigenvalue weighted by molar-refractivity contribution is 5.31. The standard InChI is InChI=1S/C13H16F3NO/c14-13(15,16)6-7-17-9-12-11-4-2-1-3-10(11)5-8-18-12/h1-4,12,17H,5-9H2. The smallest absolute Gasteiger partial charge is 0.372 e. The largest absolute Gasteiger partial charge is 0.390 e. The van der Waals surface area contributed by atoms with Crippen LogP contribution in [0.15, 0.2) is 24.3 Å². The van der Waals surface area contributed by atoms with Gasteiger partial charge in [0.15, 0.2) is 0 Å². The molecule has 1 aromatic rings. The summed E-state index contributed by atoms with van der Waals surface area (Å²) in [5.74, 6) is 0. The van der Waals surface area contributed by atoms with Gasteiger partial charge in [0.25, 0.3) is 0 Å². The molecule has 0 amide bonds. The highest BCUT2D eigenvalue weighted by Gasteiger charge is 2.26. The molecular formula is C13H16F3NO. The van der Waals surface area contributed by atoms with Crippen molar-refractivity contribution in [2.24, 2.45) is 0 Å². The van der Waals surface area contributed by atoms with Crippen LogP contribution >= 0.6 is 0 Å². The summed E-state index contributed by atoms with van der Waals surface area (Å²) in [4.78, 5) is 0. The average Bonchev–Trinajstić information content (AvgIpc) is 2.33. The highest BCUT2D eigenvalue weighted by Crippen LogP contribution is 2.26. The number of nitrogens with one attached hydrogen (secondary N) is 1. The summed E-state index contributed by atoms with van der Waals surface area (Å²) in [6.07, 6.45) is -4.17. The van der Waals surface area contributed by atoms with Crippen molar-refractivity contribution in [3.63, 3.8) is 0 Å². The van der Waals surface area contributed by atoms with Crippen molar-refractivity contribution in [3.8, 4) is 0 Å². The van der Waals surface area contributed by atoms with E-state index in [1.807, 2.05) is 24.3 Å². The average molecular weight is 259 g/mol. The van der Waals surface area contributed by atoms with Gasteiger partial charge in [0.2, 0.25) is 0 Å². The Bertz CT molecular complexity index is 392. The molecular weight excluding hydrogens is 243 g/mol. The summed E-state index contributed by atoms with van der Waals surface area (Å²) in [7, 11) is 0. The second-order valence-corrected chi connectivity index (χ2v) is 4.38. The number of halogens is 3. The van der Waals surface area contributed by atoms with Gasteiger partial charge in [-0.2, -0.15) is 13.2 Å². The molecule has 2 rings (SSSR count). The second-order valence-electron chi connectivity index (χ2n) is 4.38. The Kier molecular flexibility index (Phi) is 4.24. The van der Waals surface area contributed by atoms with Gasteiger partial charge in [-0.25, -0.2) is 0 Å². The molecule has 1 aliphatic rings. The van der Waals surface area contributed by atoms with Crippen molar-refractivity contribution in [1.82, 2.24) is 5.32 Å². The van der Waals surface area contributed by atoms with E-state index < -0.39 is 12.6 Å². The van der Waals surface area contributed by atoms with Crippen LogP contribution in [-0.4, -0.2) is 25.9 Å². The lowest BCUT2D eigenvalue weighted by atomic mass is 9.97. The number of fused-ring (bicyclic) bond motifs is 1. The lowest BCUT2D eigenvalue weighted by molar-refractivity contribution is -0.133. The topological polar surface area (TPSA) is 21.3 Å². The van der Waals surface area contributed by atoms with E-state index in [9.17, 15) is 13.2 Å². The molecule has 0 bridgehead atoms. The molecule has 100 valence electrons. The van der Waals surface area contributed by atoms with Crippen LogP contribution in [0.5, 0.6) is 0 Å². The van der Waals surface area contributed by atoms with Crippen LogP contribution in [0.3, 0.4) is 0 Å². The molecule has 0 spiro atoms.